The average Bonchev–Trinajstić information content (AvgIpc) is 2.80. The number of halogens is 3. The molecule has 0 unspecified atom stereocenters. The van der Waals surface area contributed by atoms with Gasteiger partial charge in [-0.25, -0.2) is 12.4 Å². The number of nitrogens with zero attached hydrogens (tertiary/aromatic N) is 1. The highest BCUT2D eigenvalue weighted by Crippen LogP contribution is 2.37. The van der Waals surface area contributed by atoms with Crippen molar-refractivity contribution in [2.75, 3.05) is 0 Å². The van der Waals surface area contributed by atoms with Gasteiger partial charge >= 0.3 is 0 Å². The van der Waals surface area contributed by atoms with Gasteiger partial charge in [-0.3, -0.25) is 0 Å². The fraction of sp³-hybridized carbons (Fsp3) is 0.0667. The number of hydrogen-bond donors (Lipinski definition) is 1. The van der Waals surface area contributed by atoms with E-state index in [1.54, 1.807) is 25.1 Å². The third-order valence-electron chi connectivity index (χ3n) is 3.46. The molecule has 3 aromatic rings. The van der Waals surface area contributed by atoms with Crippen LogP contribution in [0.25, 0.3) is 10.9 Å². The van der Waals surface area contributed by atoms with Gasteiger partial charge in [-0.15, -0.1) is 0 Å². The van der Waals surface area contributed by atoms with Crippen molar-refractivity contribution >= 4 is 60.1 Å². The van der Waals surface area contributed by atoms with E-state index in [0.717, 1.165) is 14.9 Å². The average molecular weight is 435 g/mol. The second-order valence-electron chi connectivity index (χ2n) is 5.01. The van der Waals surface area contributed by atoms with E-state index in [0.29, 0.717) is 15.0 Å². The molecule has 0 aliphatic carbocycles. The van der Waals surface area contributed by atoms with Gasteiger partial charge in [-0.2, -0.15) is 0 Å². The van der Waals surface area contributed by atoms with Crippen molar-refractivity contribution in [1.29, 1.82) is 0 Å². The van der Waals surface area contributed by atoms with Crippen LogP contribution in [-0.4, -0.2) is 17.5 Å². The first kappa shape index (κ1) is 16.6. The molecule has 0 radical (unpaired) electrons. The van der Waals surface area contributed by atoms with Crippen molar-refractivity contribution < 1.29 is 13.5 Å². The summed E-state index contributed by atoms with van der Waals surface area (Å²) in [6.45, 7) is 1.79. The van der Waals surface area contributed by atoms with Gasteiger partial charge in [0.1, 0.15) is 4.90 Å². The minimum Gasteiger partial charge on any atom is -0.505 e. The zero-order valence-electron chi connectivity index (χ0n) is 11.7. The highest BCUT2D eigenvalue weighted by atomic mass is 79.9. The Hall–Kier alpha value is -1.21. The fourth-order valence-electron chi connectivity index (χ4n) is 2.38. The minimum atomic E-state index is -4.02. The lowest BCUT2D eigenvalue weighted by Crippen LogP contribution is -2.12. The number of phenols is 1. The Morgan fingerprint density at radius 3 is 2.57 bits per heavy atom. The second-order valence-corrected chi connectivity index (χ2v) is 8.55. The van der Waals surface area contributed by atoms with E-state index in [9.17, 15) is 13.5 Å². The van der Waals surface area contributed by atoms with Crippen LogP contribution in [-0.2, 0) is 10.0 Å². The smallest absolute Gasteiger partial charge is 0.271 e. The Labute approximate surface area is 151 Å². The highest BCUT2D eigenvalue weighted by Gasteiger charge is 2.25. The van der Waals surface area contributed by atoms with Crippen LogP contribution in [0.5, 0.6) is 5.75 Å². The Kier molecular flexibility index (Phi) is 4.13. The Morgan fingerprint density at radius 1 is 1.17 bits per heavy atom. The predicted octanol–water partition coefficient (Wildman–Crippen LogP) is 4.96. The zero-order chi connectivity index (χ0) is 16.9. The van der Waals surface area contributed by atoms with Gasteiger partial charge in [0.25, 0.3) is 10.0 Å². The molecule has 1 heterocycles. The highest BCUT2D eigenvalue weighted by molar-refractivity contribution is 9.10. The van der Waals surface area contributed by atoms with Crippen molar-refractivity contribution in [2.45, 2.75) is 11.8 Å². The summed E-state index contributed by atoms with van der Waals surface area (Å²) in [5, 5.41) is 11.3. The molecule has 4 nitrogen and oxygen atoms in total. The third-order valence-corrected chi connectivity index (χ3v) is 6.13. The largest absolute Gasteiger partial charge is 0.505 e. The number of hydrogen-bond acceptors (Lipinski definition) is 3. The lowest BCUT2D eigenvalue weighted by molar-refractivity contribution is 0.458. The van der Waals surface area contributed by atoms with E-state index in [-0.39, 0.29) is 9.92 Å². The van der Waals surface area contributed by atoms with E-state index < -0.39 is 15.8 Å². The first-order chi connectivity index (χ1) is 10.7. The molecule has 120 valence electrons. The molecule has 0 saturated carbocycles. The number of aromatic hydroxyl groups is 1. The molecule has 0 atom stereocenters. The van der Waals surface area contributed by atoms with Crippen molar-refractivity contribution in [3.8, 4) is 5.75 Å². The maximum atomic E-state index is 13.0. The Balaban J connectivity index is 2.34. The van der Waals surface area contributed by atoms with Crippen LogP contribution in [0.1, 0.15) is 5.56 Å². The molecule has 8 heteroatoms. The monoisotopic (exact) mass is 433 g/mol. The van der Waals surface area contributed by atoms with Crippen molar-refractivity contribution in [3.05, 3.63) is 56.6 Å². The quantitative estimate of drug-likeness (QED) is 0.619. The molecule has 23 heavy (non-hydrogen) atoms. The fourth-order valence-corrected chi connectivity index (χ4v) is 5.12. The number of benzene rings is 2. The second kappa shape index (κ2) is 5.70. The summed E-state index contributed by atoms with van der Waals surface area (Å²) in [6, 6.07) is 7.68. The SMILES string of the molecule is Cc1cn(S(=O)(=O)c2cc(Br)cc(Cl)c2O)c2ccc(Cl)cc12. The molecule has 0 aliphatic heterocycles. The summed E-state index contributed by atoms with van der Waals surface area (Å²) < 4.78 is 27.5. The summed E-state index contributed by atoms with van der Waals surface area (Å²) in [4.78, 5) is -0.274. The van der Waals surface area contributed by atoms with Crippen LogP contribution in [0.3, 0.4) is 0 Å². The summed E-state index contributed by atoms with van der Waals surface area (Å²) in [5.41, 5.74) is 1.23. The molecule has 3 rings (SSSR count). The Bertz CT molecular complexity index is 1040. The first-order valence-corrected chi connectivity index (χ1v) is 9.41. The van der Waals surface area contributed by atoms with Crippen LogP contribution in [0.2, 0.25) is 10.0 Å². The summed E-state index contributed by atoms with van der Waals surface area (Å²) >= 11 is 15.1. The number of rotatable bonds is 2. The van der Waals surface area contributed by atoms with Crippen molar-refractivity contribution in [3.63, 3.8) is 0 Å². The van der Waals surface area contributed by atoms with Gasteiger partial charge < -0.3 is 5.11 Å². The lowest BCUT2D eigenvalue weighted by Gasteiger charge is -2.11. The first-order valence-electron chi connectivity index (χ1n) is 6.42. The van der Waals surface area contributed by atoms with Gasteiger partial charge in [0.05, 0.1) is 10.5 Å². The number of fused-ring (bicyclic) bond motifs is 1. The molecule has 0 aliphatic rings. The van der Waals surface area contributed by atoms with E-state index >= 15 is 0 Å². The van der Waals surface area contributed by atoms with Crippen molar-refractivity contribution in [1.82, 2.24) is 3.97 Å². The van der Waals surface area contributed by atoms with Gasteiger partial charge in [-0.05, 0) is 42.8 Å². The van der Waals surface area contributed by atoms with E-state index in [2.05, 4.69) is 15.9 Å². The summed E-state index contributed by atoms with van der Waals surface area (Å²) in [7, 11) is -4.02. The van der Waals surface area contributed by atoms with Gasteiger partial charge in [0.15, 0.2) is 5.75 Å². The van der Waals surface area contributed by atoms with Crippen LogP contribution in [0, 0.1) is 6.92 Å². The topological polar surface area (TPSA) is 59.3 Å². The normalized spacial score (nSPS) is 12.0. The Morgan fingerprint density at radius 2 is 1.87 bits per heavy atom. The number of aromatic nitrogens is 1. The number of phenolic OH excluding ortho intramolecular Hbond substituents is 1. The maximum absolute atomic E-state index is 13.0. The van der Waals surface area contributed by atoms with Gasteiger partial charge in [-0.1, -0.05) is 39.1 Å². The van der Waals surface area contributed by atoms with Crippen LogP contribution in [0.4, 0.5) is 0 Å². The van der Waals surface area contributed by atoms with E-state index in [4.69, 9.17) is 23.2 Å². The maximum Gasteiger partial charge on any atom is 0.271 e. The predicted molar refractivity (Wildman–Crippen MR) is 95.1 cm³/mol. The van der Waals surface area contributed by atoms with Gasteiger partial charge in [0, 0.05) is 21.1 Å². The molecular weight excluding hydrogens is 425 g/mol. The minimum absolute atomic E-state index is 0.0471. The van der Waals surface area contributed by atoms with E-state index in [1.807, 2.05) is 0 Å². The molecule has 0 saturated heterocycles. The van der Waals surface area contributed by atoms with Gasteiger partial charge in [0.2, 0.25) is 0 Å². The lowest BCUT2D eigenvalue weighted by atomic mass is 10.2. The standard InChI is InChI=1S/C15H10BrCl2NO3S/c1-8-7-19(13-3-2-10(17)6-11(8)13)23(21,22)14-5-9(16)4-12(18)15(14)20/h2-7,20H,1H3. The summed E-state index contributed by atoms with van der Waals surface area (Å²) in [6.07, 6.45) is 1.49. The van der Waals surface area contributed by atoms with E-state index in [1.165, 1.54) is 18.3 Å². The van der Waals surface area contributed by atoms with Crippen LogP contribution < -0.4 is 0 Å². The number of aryl methyl sites for hydroxylation is 1. The molecule has 0 amide bonds. The third kappa shape index (κ3) is 2.74. The molecular formula is C15H10BrCl2NO3S. The van der Waals surface area contributed by atoms with Crippen LogP contribution in [0.15, 0.2) is 45.9 Å². The van der Waals surface area contributed by atoms with Crippen LogP contribution >= 0.6 is 39.1 Å². The summed E-state index contributed by atoms with van der Waals surface area (Å²) in [5.74, 6) is -0.483. The van der Waals surface area contributed by atoms with Crippen molar-refractivity contribution in [2.24, 2.45) is 0 Å². The molecule has 0 bridgehead atoms. The molecule has 0 spiro atoms. The zero-order valence-corrected chi connectivity index (χ0v) is 15.6. The molecule has 1 aromatic heterocycles. The molecule has 0 fully saturated rings. The molecule has 1 N–H and O–H groups in total. The molecule has 2 aromatic carbocycles.